The van der Waals surface area contributed by atoms with Crippen molar-refractivity contribution in [3.05, 3.63) is 73.1 Å². The molecule has 0 unspecified atom stereocenters. The molecule has 2 rings (SSSR count). The monoisotopic (exact) mass is 209 g/mol. The summed E-state index contributed by atoms with van der Waals surface area (Å²) < 4.78 is 0. The summed E-state index contributed by atoms with van der Waals surface area (Å²) >= 11 is 0. The highest BCUT2D eigenvalue weighted by Gasteiger charge is 2.21. The lowest BCUT2D eigenvalue weighted by atomic mass is 9.91. The van der Waals surface area contributed by atoms with Crippen molar-refractivity contribution in [1.29, 1.82) is 0 Å². The number of carbonyl (C=O) groups excluding carboxylic acids is 1. The highest BCUT2D eigenvalue weighted by Crippen LogP contribution is 2.33. The summed E-state index contributed by atoms with van der Waals surface area (Å²) in [5, 5.41) is 0. The average molecular weight is 209 g/mol. The van der Waals surface area contributed by atoms with Gasteiger partial charge in [0.15, 0.2) is 6.29 Å². The summed E-state index contributed by atoms with van der Waals surface area (Å²) in [5.74, 6) is 1.10. The van der Waals surface area contributed by atoms with E-state index in [4.69, 9.17) is 0 Å². The highest BCUT2D eigenvalue weighted by atomic mass is 16.1. The maximum atomic E-state index is 11.2. The smallest absolute Gasteiger partial charge is 0.150 e. The predicted octanol–water partition coefficient (Wildman–Crippen LogP) is 3.06. The molecule has 1 aromatic carbocycles. The summed E-state index contributed by atoms with van der Waals surface area (Å²) in [4.78, 5) is 11.2. The van der Waals surface area contributed by atoms with E-state index < -0.39 is 0 Å². The van der Waals surface area contributed by atoms with Gasteiger partial charge in [-0.1, -0.05) is 35.9 Å². The van der Waals surface area contributed by atoms with Crippen LogP contribution in [0.15, 0.2) is 35.9 Å². The van der Waals surface area contributed by atoms with Crippen LogP contribution in [-0.2, 0) is 4.79 Å². The first-order chi connectivity index (χ1) is 7.83. The van der Waals surface area contributed by atoms with Gasteiger partial charge in [0, 0.05) is 11.5 Å². The molecule has 1 fully saturated rings. The zero-order valence-corrected chi connectivity index (χ0v) is 9.18. The molecule has 1 aliphatic carbocycles. The van der Waals surface area contributed by atoms with Gasteiger partial charge in [0.25, 0.3) is 0 Å². The van der Waals surface area contributed by atoms with Gasteiger partial charge in [0.1, 0.15) is 0 Å². The number of carbonyl (C=O) groups is 1. The first-order valence-corrected chi connectivity index (χ1v) is 5.26. The van der Waals surface area contributed by atoms with E-state index in [1.807, 2.05) is 62.9 Å². The zero-order chi connectivity index (χ0) is 11.4. The standard InChI is InChI=1S/C15H13O/c1-12(13-7-5-6-8-13)15(11-16)14-9-3-2-4-10-14/h2-11H,1H3/b15-12+. The van der Waals surface area contributed by atoms with E-state index in [9.17, 15) is 4.79 Å². The molecule has 0 bridgehead atoms. The number of allylic oxidation sites excluding steroid dienone is 2. The van der Waals surface area contributed by atoms with Crippen LogP contribution in [0.5, 0.6) is 0 Å². The number of rotatable bonds is 3. The molecule has 0 N–H and O–H groups in total. The van der Waals surface area contributed by atoms with Gasteiger partial charge in [0.05, 0.1) is 0 Å². The number of benzene rings is 1. The third kappa shape index (κ3) is 2.24. The molecule has 1 nitrogen and oxygen atoms in total. The Balaban J connectivity index is 2.33. The van der Waals surface area contributed by atoms with Crippen molar-refractivity contribution in [2.75, 3.05) is 0 Å². The normalized spacial score (nSPS) is 18.3. The Kier molecular flexibility index (Phi) is 3.55. The molecule has 1 aromatic rings. The fraction of sp³-hybridized carbons (Fsp3) is 0.0667. The van der Waals surface area contributed by atoms with Crippen LogP contribution in [0, 0.1) is 31.6 Å². The predicted molar refractivity (Wildman–Crippen MR) is 65.5 cm³/mol. The van der Waals surface area contributed by atoms with Crippen molar-refractivity contribution in [2.24, 2.45) is 0 Å². The average Bonchev–Trinajstić information content (AvgIpc) is 2.85. The van der Waals surface area contributed by atoms with E-state index in [0.29, 0.717) is 0 Å². The van der Waals surface area contributed by atoms with Crippen molar-refractivity contribution < 1.29 is 4.79 Å². The van der Waals surface area contributed by atoms with Crippen LogP contribution in [0.3, 0.4) is 0 Å². The summed E-state index contributed by atoms with van der Waals surface area (Å²) in [6.45, 7) is 1.98. The third-order valence-corrected chi connectivity index (χ3v) is 2.70. The molecule has 0 atom stereocenters. The van der Waals surface area contributed by atoms with Gasteiger partial charge < -0.3 is 0 Å². The number of hydrogen-bond acceptors (Lipinski definition) is 1. The molecular formula is C15H13O. The first-order valence-electron chi connectivity index (χ1n) is 5.26. The SMILES string of the molecule is C/C([C]1[CH][CH][CH][CH]1)=C(/C=O)c1ccccc1. The van der Waals surface area contributed by atoms with E-state index in [1.165, 1.54) is 0 Å². The van der Waals surface area contributed by atoms with E-state index in [2.05, 4.69) is 0 Å². The quantitative estimate of drug-likeness (QED) is 0.552. The minimum atomic E-state index is 0.756. The summed E-state index contributed by atoms with van der Waals surface area (Å²) in [6, 6.07) is 9.74. The molecule has 0 saturated heterocycles. The van der Waals surface area contributed by atoms with E-state index in [1.54, 1.807) is 0 Å². The molecule has 0 aromatic heterocycles. The Labute approximate surface area is 97.2 Å². The maximum Gasteiger partial charge on any atom is 0.150 e. The van der Waals surface area contributed by atoms with Crippen LogP contribution >= 0.6 is 0 Å². The van der Waals surface area contributed by atoms with Gasteiger partial charge in [-0.25, -0.2) is 0 Å². The molecule has 1 heteroatoms. The lowest BCUT2D eigenvalue weighted by molar-refractivity contribution is -0.103. The van der Waals surface area contributed by atoms with Crippen LogP contribution in [0.25, 0.3) is 5.57 Å². The van der Waals surface area contributed by atoms with Gasteiger partial charge >= 0.3 is 0 Å². The van der Waals surface area contributed by atoms with Crippen LogP contribution in [-0.4, -0.2) is 6.29 Å². The fourth-order valence-electron chi connectivity index (χ4n) is 1.77. The summed E-state index contributed by atoms with van der Waals surface area (Å²) in [6.07, 6.45) is 8.92. The molecule has 1 aliphatic rings. The number of aldehydes is 1. The van der Waals surface area contributed by atoms with E-state index in [0.717, 1.165) is 28.9 Å². The molecule has 0 spiro atoms. The van der Waals surface area contributed by atoms with Crippen LogP contribution < -0.4 is 0 Å². The van der Waals surface area contributed by atoms with Gasteiger partial charge in [-0.2, -0.15) is 0 Å². The van der Waals surface area contributed by atoms with Crippen LogP contribution in [0.1, 0.15) is 12.5 Å². The summed E-state index contributed by atoms with van der Waals surface area (Å²) in [7, 11) is 0. The molecule has 0 heterocycles. The Morgan fingerprint density at radius 3 is 2.25 bits per heavy atom. The van der Waals surface area contributed by atoms with Crippen molar-refractivity contribution in [1.82, 2.24) is 0 Å². The van der Waals surface area contributed by atoms with Gasteiger partial charge in [-0.3, -0.25) is 4.79 Å². The Morgan fingerprint density at radius 1 is 1.06 bits per heavy atom. The zero-order valence-electron chi connectivity index (χ0n) is 9.18. The lowest BCUT2D eigenvalue weighted by Crippen LogP contribution is -1.99. The molecule has 0 amide bonds. The van der Waals surface area contributed by atoms with Gasteiger partial charge in [-0.15, -0.1) is 0 Å². The molecule has 1 saturated carbocycles. The first kappa shape index (κ1) is 11.1. The van der Waals surface area contributed by atoms with Gasteiger partial charge in [0.2, 0.25) is 0 Å². The molecule has 16 heavy (non-hydrogen) atoms. The Hall–Kier alpha value is -1.37. The second kappa shape index (κ2) is 5.11. The minimum absolute atomic E-state index is 0.756. The van der Waals surface area contributed by atoms with Crippen LogP contribution in [0.4, 0.5) is 0 Å². The highest BCUT2D eigenvalue weighted by molar-refractivity contribution is 6.09. The molecular weight excluding hydrogens is 196 g/mol. The third-order valence-electron chi connectivity index (χ3n) is 2.70. The molecule has 0 aliphatic heterocycles. The van der Waals surface area contributed by atoms with Crippen molar-refractivity contribution >= 4 is 11.9 Å². The Bertz CT molecular complexity index is 383. The largest absolute Gasteiger partial charge is 0.298 e. The topological polar surface area (TPSA) is 17.1 Å². The Morgan fingerprint density at radius 2 is 1.69 bits per heavy atom. The van der Waals surface area contributed by atoms with Crippen molar-refractivity contribution in [2.45, 2.75) is 6.92 Å². The van der Waals surface area contributed by atoms with E-state index in [-0.39, 0.29) is 0 Å². The van der Waals surface area contributed by atoms with Gasteiger partial charge in [-0.05, 0) is 38.2 Å². The van der Waals surface area contributed by atoms with Crippen LogP contribution in [0.2, 0.25) is 0 Å². The summed E-state index contributed by atoms with van der Waals surface area (Å²) in [5.41, 5.74) is 2.74. The number of hydrogen-bond donors (Lipinski definition) is 0. The molecule has 5 radical (unpaired) electrons. The minimum Gasteiger partial charge on any atom is -0.298 e. The fourth-order valence-corrected chi connectivity index (χ4v) is 1.77. The molecule has 79 valence electrons. The van der Waals surface area contributed by atoms with Crippen molar-refractivity contribution in [3.63, 3.8) is 0 Å². The van der Waals surface area contributed by atoms with Crippen molar-refractivity contribution in [3.8, 4) is 0 Å². The maximum absolute atomic E-state index is 11.2. The van der Waals surface area contributed by atoms with E-state index >= 15 is 0 Å². The second-order valence-corrected chi connectivity index (χ2v) is 3.70. The lowest BCUT2D eigenvalue weighted by Gasteiger charge is -2.12. The second-order valence-electron chi connectivity index (χ2n) is 3.70.